The summed E-state index contributed by atoms with van der Waals surface area (Å²) < 4.78 is 10.3. The maximum Gasteiger partial charge on any atom is 0.224 e. The Balaban J connectivity index is 2.18. The third kappa shape index (κ3) is 3.11. The molecule has 1 heterocycles. The van der Waals surface area contributed by atoms with E-state index in [1.54, 1.807) is 14.2 Å². The highest BCUT2D eigenvalue weighted by molar-refractivity contribution is 5.80. The lowest BCUT2D eigenvalue weighted by molar-refractivity contribution is -0.129. The monoisotopic (exact) mass is 278 g/mol. The number of amides is 1. The van der Waals surface area contributed by atoms with Crippen molar-refractivity contribution in [3.8, 4) is 5.75 Å². The normalized spacial score (nSPS) is 22.4. The van der Waals surface area contributed by atoms with Crippen LogP contribution < -0.4 is 10.5 Å². The Morgan fingerprint density at radius 1 is 1.40 bits per heavy atom. The third-order valence-electron chi connectivity index (χ3n) is 3.65. The van der Waals surface area contributed by atoms with Crippen molar-refractivity contribution in [2.75, 3.05) is 27.4 Å². The van der Waals surface area contributed by atoms with E-state index in [0.717, 1.165) is 17.7 Å². The highest BCUT2D eigenvalue weighted by Gasteiger charge is 2.38. The molecule has 5 heteroatoms. The Bertz CT molecular complexity index is 464. The average Bonchev–Trinajstić information content (AvgIpc) is 2.73. The lowest BCUT2D eigenvalue weighted by Crippen LogP contribution is -2.34. The second kappa shape index (κ2) is 6.72. The molecule has 110 valence electrons. The molecule has 0 aliphatic carbocycles. The zero-order chi connectivity index (χ0) is 14.5. The number of hydrogen-bond acceptors (Lipinski definition) is 4. The smallest absolute Gasteiger partial charge is 0.224 e. The van der Waals surface area contributed by atoms with E-state index in [0.29, 0.717) is 19.6 Å². The predicted molar refractivity (Wildman–Crippen MR) is 76.5 cm³/mol. The molecule has 1 aromatic carbocycles. The van der Waals surface area contributed by atoms with Crippen molar-refractivity contribution in [3.63, 3.8) is 0 Å². The first-order valence-electron chi connectivity index (χ1n) is 6.85. The summed E-state index contributed by atoms with van der Waals surface area (Å²) in [4.78, 5) is 14.0. The van der Waals surface area contributed by atoms with Crippen molar-refractivity contribution in [2.24, 2.45) is 5.73 Å². The van der Waals surface area contributed by atoms with E-state index in [2.05, 4.69) is 0 Å². The molecule has 0 spiro atoms. The van der Waals surface area contributed by atoms with Crippen LogP contribution in [0.1, 0.15) is 24.4 Å². The van der Waals surface area contributed by atoms with Crippen LogP contribution in [0.5, 0.6) is 5.75 Å². The van der Waals surface area contributed by atoms with Crippen molar-refractivity contribution in [1.82, 2.24) is 4.90 Å². The molecule has 0 aromatic heterocycles. The molecule has 2 rings (SSSR count). The summed E-state index contributed by atoms with van der Waals surface area (Å²) in [7, 11) is 3.30. The topological polar surface area (TPSA) is 64.8 Å². The van der Waals surface area contributed by atoms with Crippen LogP contribution in [0, 0.1) is 0 Å². The number of ether oxygens (including phenoxy) is 2. The maximum atomic E-state index is 12.1. The molecule has 1 saturated heterocycles. The van der Waals surface area contributed by atoms with Gasteiger partial charge in [-0.15, -0.1) is 0 Å². The number of carbonyl (C=O) groups excluding carboxylic acids is 1. The maximum absolute atomic E-state index is 12.1. The minimum atomic E-state index is -0.169. The van der Waals surface area contributed by atoms with Gasteiger partial charge in [0.25, 0.3) is 0 Å². The van der Waals surface area contributed by atoms with Gasteiger partial charge in [0.2, 0.25) is 5.91 Å². The molecular formula is C15H22N2O3. The van der Waals surface area contributed by atoms with E-state index in [4.69, 9.17) is 15.2 Å². The van der Waals surface area contributed by atoms with Gasteiger partial charge in [-0.25, -0.2) is 0 Å². The summed E-state index contributed by atoms with van der Waals surface area (Å²) >= 11 is 0. The zero-order valence-corrected chi connectivity index (χ0v) is 12.0. The average molecular weight is 278 g/mol. The van der Waals surface area contributed by atoms with E-state index in [1.165, 1.54) is 0 Å². The van der Waals surface area contributed by atoms with Gasteiger partial charge in [0.05, 0.1) is 13.2 Å². The Kier molecular flexibility index (Phi) is 4.98. The zero-order valence-electron chi connectivity index (χ0n) is 12.0. The van der Waals surface area contributed by atoms with Gasteiger partial charge in [-0.05, 0) is 24.1 Å². The third-order valence-corrected chi connectivity index (χ3v) is 3.65. The van der Waals surface area contributed by atoms with E-state index >= 15 is 0 Å². The lowest BCUT2D eigenvalue weighted by atomic mass is 10.0. The van der Waals surface area contributed by atoms with Crippen molar-refractivity contribution >= 4 is 5.91 Å². The van der Waals surface area contributed by atoms with Gasteiger partial charge in [0.1, 0.15) is 5.75 Å². The van der Waals surface area contributed by atoms with Gasteiger partial charge < -0.3 is 20.1 Å². The van der Waals surface area contributed by atoms with Crippen LogP contribution >= 0.6 is 0 Å². The highest BCUT2D eigenvalue weighted by atomic mass is 16.5. The molecule has 1 amide bonds. The molecule has 0 radical (unpaired) electrons. The van der Waals surface area contributed by atoms with Gasteiger partial charge in [0.15, 0.2) is 0 Å². The van der Waals surface area contributed by atoms with Crippen molar-refractivity contribution < 1.29 is 14.3 Å². The molecule has 1 aromatic rings. The molecule has 1 fully saturated rings. The first kappa shape index (κ1) is 14.8. The molecule has 5 nitrogen and oxygen atoms in total. The first-order chi connectivity index (χ1) is 9.67. The van der Waals surface area contributed by atoms with Gasteiger partial charge in [-0.2, -0.15) is 0 Å². The number of nitrogens with zero attached hydrogens (tertiary/aromatic N) is 1. The minimum Gasteiger partial charge on any atom is -0.497 e. The molecule has 0 bridgehead atoms. The summed E-state index contributed by atoms with van der Waals surface area (Å²) in [5, 5.41) is 0. The summed E-state index contributed by atoms with van der Waals surface area (Å²) in [5.41, 5.74) is 7.18. The molecule has 2 N–H and O–H groups in total. The Morgan fingerprint density at radius 2 is 2.20 bits per heavy atom. The molecule has 1 aliphatic heterocycles. The summed E-state index contributed by atoms with van der Waals surface area (Å²) in [5.74, 6) is 0.896. The fraction of sp³-hybridized carbons (Fsp3) is 0.533. The number of benzene rings is 1. The standard InChI is InChI=1S/C15H22N2O3/c1-19-8-4-7-17-14(18)10-13(16)15(17)11-5-3-6-12(9-11)20-2/h3,5-6,9,13,15H,4,7-8,10,16H2,1-2H3. The molecule has 20 heavy (non-hydrogen) atoms. The number of rotatable bonds is 6. The summed E-state index contributed by atoms with van der Waals surface area (Å²) in [6, 6.07) is 7.52. The SMILES string of the molecule is COCCCN1C(=O)CC(N)C1c1cccc(OC)c1. The Hall–Kier alpha value is -1.59. The first-order valence-corrected chi connectivity index (χ1v) is 6.85. The van der Waals surface area contributed by atoms with Gasteiger partial charge in [-0.3, -0.25) is 4.79 Å². The second-order valence-electron chi connectivity index (χ2n) is 5.02. The number of carbonyl (C=O) groups is 1. The quantitative estimate of drug-likeness (QED) is 0.797. The van der Waals surface area contributed by atoms with Crippen LogP contribution in [0.2, 0.25) is 0 Å². The van der Waals surface area contributed by atoms with Crippen molar-refractivity contribution in [1.29, 1.82) is 0 Å². The van der Waals surface area contributed by atoms with Crippen LogP contribution in [0.15, 0.2) is 24.3 Å². The van der Waals surface area contributed by atoms with E-state index in [-0.39, 0.29) is 18.0 Å². The van der Waals surface area contributed by atoms with Gasteiger partial charge >= 0.3 is 0 Å². The van der Waals surface area contributed by atoms with Gasteiger partial charge in [0, 0.05) is 32.7 Å². The van der Waals surface area contributed by atoms with Gasteiger partial charge in [-0.1, -0.05) is 12.1 Å². The van der Waals surface area contributed by atoms with Crippen LogP contribution in [-0.2, 0) is 9.53 Å². The summed E-state index contributed by atoms with van der Waals surface area (Å²) in [6.45, 7) is 1.31. The summed E-state index contributed by atoms with van der Waals surface area (Å²) in [6.07, 6.45) is 1.21. The number of nitrogens with two attached hydrogens (primary N) is 1. The Morgan fingerprint density at radius 3 is 2.90 bits per heavy atom. The molecule has 2 unspecified atom stereocenters. The number of likely N-dealkylation sites (tertiary alicyclic amines) is 1. The lowest BCUT2D eigenvalue weighted by Gasteiger charge is -2.27. The van der Waals surface area contributed by atoms with Crippen LogP contribution in [0.4, 0.5) is 0 Å². The predicted octanol–water partition coefficient (Wildman–Crippen LogP) is 1.33. The van der Waals surface area contributed by atoms with Crippen LogP contribution in [-0.4, -0.2) is 44.2 Å². The van der Waals surface area contributed by atoms with E-state index in [1.807, 2.05) is 29.2 Å². The van der Waals surface area contributed by atoms with E-state index < -0.39 is 0 Å². The van der Waals surface area contributed by atoms with Crippen molar-refractivity contribution in [2.45, 2.75) is 24.9 Å². The van der Waals surface area contributed by atoms with Crippen LogP contribution in [0.25, 0.3) is 0 Å². The fourth-order valence-electron chi connectivity index (χ4n) is 2.71. The molecular weight excluding hydrogens is 256 g/mol. The molecule has 0 saturated carbocycles. The highest BCUT2D eigenvalue weighted by Crippen LogP contribution is 2.33. The van der Waals surface area contributed by atoms with E-state index in [9.17, 15) is 4.79 Å². The largest absolute Gasteiger partial charge is 0.497 e. The van der Waals surface area contributed by atoms with Crippen LogP contribution in [0.3, 0.4) is 0 Å². The molecule has 2 atom stereocenters. The second-order valence-corrected chi connectivity index (χ2v) is 5.02. The Labute approximate surface area is 119 Å². The van der Waals surface area contributed by atoms with Crippen molar-refractivity contribution in [3.05, 3.63) is 29.8 Å². The minimum absolute atomic E-state index is 0.0746. The number of methoxy groups -OCH3 is 2. The molecule has 1 aliphatic rings. The number of hydrogen-bond donors (Lipinski definition) is 1. The fourth-order valence-corrected chi connectivity index (χ4v) is 2.71.